The Labute approximate surface area is 382 Å². The van der Waals surface area contributed by atoms with Crippen LogP contribution in [0.25, 0.3) is 5.57 Å². The first-order chi connectivity index (χ1) is 31.1. The number of fused-ring (bicyclic) bond motifs is 1. The van der Waals surface area contributed by atoms with Gasteiger partial charge >= 0.3 is 0 Å². The Morgan fingerprint density at radius 2 is 1.60 bits per heavy atom. The molecule has 1 atom stereocenters. The molecular weight excluding hydrogens is 853 g/mol. The molecule has 1 unspecified atom stereocenters. The zero-order valence-electron chi connectivity index (χ0n) is 37.7. The molecular formula is C47H56N8O9S. The van der Waals surface area contributed by atoms with Crippen molar-refractivity contribution in [2.75, 3.05) is 93.1 Å². The predicted molar refractivity (Wildman–Crippen MR) is 243 cm³/mol. The second-order valence-corrected chi connectivity index (χ2v) is 19.3. The third-order valence-corrected chi connectivity index (χ3v) is 14.2. The lowest BCUT2D eigenvalue weighted by Gasteiger charge is -2.59. The van der Waals surface area contributed by atoms with Crippen LogP contribution in [0.15, 0.2) is 42.6 Å². The number of piperazine rings is 1. The average molecular weight is 909 g/mol. The van der Waals surface area contributed by atoms with Crippen molar-refractivity contribution in [3.63, 3.8) is 0 Å². The Morgan fingerprint density at radius 3 is 2.22 bits per heavy atom. The minimum atomic E-state index is -1.01. The number of nitrogens with one attached hydrogen (secondary N) is 2. The molecule has 0 bridgehead atoms. The van der Waals surface area contributed by atoms with E-state index in [0.29, 0.717) is 72.5 Å². The fourth-order valence-electron chi connectivity index (χ4n) is 9.79. The molecule has 8 rings (SSSR count). The number of ether oxygens (including phenoxy) is 2. The number of rotatable bonds is 15. The number of thiophene rings is 1. The lowest BCUT2D eigenvalue weighted by Crippen LogP contribution is -2.67. The number of methoxy groups -OCH3 is 2. The van der Waals surface area contributed by atoms with E-state index in [1.54, 1.807) is 32.4 Å². The predicted octanol–water partition coefficient (Wildman–Crippen LogP) is 2.92. The van der Waals surface area contributed by atoms with Crippen LogP contribution >= 0.6 is 11.3 Å². The van der Waals surface area contributed by atoms with Crippen LogP contribution in [-0.4, -0.2) is 167 Å². The summed E-state index contributed by atoms with van der Waals surface area (Å²) in [5.41, 5.74) is 4.19. The summed E-state index contributed by atoms with van der Waals surface area (Å²) in [6.45, 7) is 5.39. The van der Waals surface area contributed by atoms with Crippen LogP contribution in [0.3, 0.4) is 0 Å². The number of hydrogen-bond acceptors (Lipinski definition) is 14. The molecule has 18 heteroatoms. The van der Waals surface area contributed by atoms with Crippen molar-refractivity contribution in [1.29, 1.82) is 0 Å². The molecule has 5 heterocycles. The quantitative estimate of drug-likeness (QED) is 0.168. The van der Waals surface area contributed by atoms with Gasteiger partial charge in [-0.05, 0) is 75.3 Å². The molecule has 3 saturated heterocycles. The minimum absolute atomic E-state index is 0.00697. The number of likely N-dealkylation sites (tertiary alicyclic amines) is 1. The molecule has 1 aromatic heterocycles. The monoisotopic (exact) mass is 908 g/mol. The SMILES string of the molecule is COc1cc(/C(=C/N(C)C)c2sc(C(=O)NC3CC4(C3)CN(C(=O)CCN3CCN(c5ccc6c(c5)C(=O)N(C5CCC(=O)NC5=O)C6=O)CC3)C4)cc2C=O)cc(OC)c1CN(C)C. The van der Waals surface area contributed by atoms with E-state index < -0.39 is 29.7 Å². The van der Waals surface area contributed by atoms with Gasteiger partial charge in [0, 0.05) is 119 Å². The average Bonchev–Trinajstić information content (AvgIpc) is 3.80. The molecule has 6 amide bonds. The molecule has 1 aliphatic carbocycles. The Bertz CT molecular complexity index is 2430. The standard InChI is InChI=1S/C47H56N8O9S/c1-50(2)23-34(28-17-37(63-5)35(24-51(3)4)38(18-28)64-6)42-29(25-56)19-39(65-42)44(60)48-30-21-47(22-30)26-54(27-47)41(58)11-12-52-13-15-53(16-14-52)31-7-8-32-33(20-31)46(62)55(45(32)61)36-9-10-40(57)49-43(36)59/h7-8,17-20,23,25,30,36H,9-16,21-22,24,26-27H2,1-6H3,(H,48,60)(H,49,57,59)/b34-23-. The highest BCUT2D eigenvalue weighted by molar-refractivity contribution is 7.15. The molecule has 2 aromatic carbocycles. The van der Waals surface area contributed by atoms with E-state index in [-0.39, 0.29) is 47.2 Å². The summed E-state index contributed by atoms with van der Waals surface area (Å²) in [5, 5.41) is 5.40. The number of carbonyl (C=O) groups excluding carboxylic acids is 7. The zero-order valence-corrected chi connectivity index (χ0v) is 38.5. The number of benzene rings is 2. The van der Waals surface area contributed by atoms with Crippen molar-refractivity contribution in [3.05, 3.63) is 80.2 Å². The van der Waals surface area contributed by atoms with Crippen LogP contribution in [0.1, 0.15) is 88.9 Å². The maximum atomic E-state index is 13.6. The summed E-state index contributed by atoms with van der Waals surface area (Å²) in [7, 11) is 11.0. The van der Waals surface area contributed by atoms with Gasteiger partial charge in [0.25, 0.3) is 17.7 Å². The van der Waals surface area contributed by atoms with E-state index in [9.17, 15) is 33.6 Å². The molecule has 17 nitrogen and oxygen atoms in total. The summed E-state index contributed by atoms with van der Waals surface area (Å²) in [4.78, 5) is 102. The van der Waals surface area contributed by atoms with E-state index >= 15 is 0 Å². The summed E-state index contributed by atoms with van der Waals surface area (Å²) in [5.74, 6) is -0.903. The van der Waals surface area contributed by atoms with Crippen LogP contribution in [-0.2, 0) is 20.9 Å². The molecule has 344 valence electrons. The number of amides is 6. The van der Waals surface area contributed by atoms with Crippen molar-refractivity contribution in [3.8, 4) is 11.5 Å². The van der Waals surface area contributed by atoms with E-state index in [4.69, 9.17) is 9.47 Å². The van der Waals surface area contributed by atoms with E-state index in [0.717, 1.165) is 59.5 Å². The van der Waals surface area contributed by atoms with E-state index in [2.05, 4.69) is 20.4 Å². The van der Waals surface area contributed by atoms with Gasteiger partial charge < -0.3 is 34.4 Å². The summed E-state index contributed by atoms with van der Waals surface area (Å²) in [6.07, 6.45) is 4.86. The minimum Gasteiger partial charge on any atom is -0.496 e. The van der Waals surface area contributed by atoms with Crippen LogP contribution in [0, 0.1) is 5.41 Å². The Kier molecular flexibility index (Phi) is 12.9. The van der Waals surface area contributed by atoms with Crippen molar-refractivity contribution in [2.24, 2.45) is 5.41 Å². The molecule has 1 spiro atoms. The highest BCUT2D eigenvalue weighted by Crippen LogP contribution is 2.49. The Morgan fingerprint density at radius 1 is 0.923 bits per heavy atom. The molecule has 65 heavy (non-hydrogen) atoms. The highest BCUT2D eigenvalue weighted by atomic mass is 32.1. The molecule has 4 aliphatic heterocycles. The molecule has 0 radical (unpaired) electrons. The number of carbonyl (C=O) groups is 7. The number of aldehydes is 1. The second-order valence-electron chi connectivity index (χ2n) is 18.2. The van der Waals surface area contributed by atoms with Crippen molar-refractivity contribution in [2.45, 2.75) is 50.7 Å². The van der Waals surface area contributed by atoms with Crippen molar-refractivity contribution >= 4 is 64.3 Å². The Hall–Kier alpha value is -6.11. The van der Waals surface area contributed by atoms with Gasteiger partial charge in [-0.2, -0.15) is 0 Å². The maximum absolute atomic E-state index is 13.6. The number of imide groups is 2. The van der Waals surface area contributed by atoms with Crippen LogP contribution < -0.4 is 25.0 Å². The van der Waals surface area contributed by atoms with Gasteiger partial charge in [0.2, 0.25) is 17.7 Å². The second kappa shape index (κ2) is 18.4. The molecule has 3 aromatic rings. The van der Waals surface area contributed by atoms with Gasteiger partial charge in [-0.15, -0.1) is 11.3 Å². The van der Waals surface area contributed by atoms with Crippen molar-refractivity contribution in [1.82, 2.24) is 35.1 Å². The van der Waals surface area contributed by atoms with Crippen LogP contribution in [0.2, 0.25) is 0 Å². The smallest absolute Gasteiger partial charge is 0.262 e. The van der Waals surface area contributed by atoms with E-state index in [1.807, 2.05) is 67.3 Å². The lowest BCUT2D eigenvalue weighted by atomic mass is 9.60. The third-order valence-electron chi connectivity index (χ3n) is 13.0. The zero-order chi connectivity index (χ0) is 46.3. The summed E-state index contributed by atoms with van der Waals surface area (Å²) in [6, 6.07) is 9.65. The highest BCUT2D eigenvalue weighted by Gasteiger charge is 2.54. The summed E-state index contributed by atoms with van der Waals surface area (Å²) >= 11 is 1.27. The molecule has 4 fully saturated rings. The molecule has 1 saturated carbocycles. The summed E-state index contributed by atoms with van der Waals surface area (Å²) < 4.78 is 11.6. The first kappa shape index (κ1) is 45.5. The first-order valence-corrected chi connectivity index (χ1v) is 22.7. The van der Waals surface area contributed by atoms with Gasteiger partial charge in [-0.3, -0.25) is 48.7 Å². The lowest BCUT2D eigenvalue weighted by molar-refractivity contribution is -0.152. The van der Waals surface area contributed by atoms with Gasteiger partial charge in [-0.1, -0.05) is 0 Å². The van der Waals surface area contributed by atoms with Gasteiger partial charge in [0.15, 0.2) is 6.29 Å². The maximum Gasteiger partial charge on any atom is 0.262 e. The van der Waals surface area contributed by atoms with Gasteiger partial charge in [-0.25, -0.2) is 0 Å². The third kappa shape index (κ3) is 9.11. The fourth-order valence-corrected chi connectivity index (χ4v) is 10.9. The van der Waals surface area contributed by atoms with Crippen molar-refractivity contribution < 1.29 is 43.0 Å². The Balaban J connectivity index is 0.801. The number of piperidine rings is 1. The topological polar surface area (TPSA) is 181 Å². The molecule has 5 aliphatic rings. The fraction of sp³-hybridized carbons (Fsp3) is 0.468. The normalized spacial score (nSPS) is 19.8. The number of nitrogens with zero attached hydrogens (tertiary/aromatic N) is 6. The first-order valence-electron chi connectivity index (χ1n) is 21.9. The number of hydrogen-bond donors (Lipinski definition) is 2. The largest absolute Gasteiger partial charge is 0.496 e. The number of anilines is 1. The molecule has 2 N–H and O–H groups in total. The van der Waals surface area contributed by atoms with Crippen LogP contribution in [0.4, 0.5) is 5.69 Å². The van der Waals surface area contributed by atoms with Gasteiger partial charge in [0.05, 0.1) is 35.8 Å². The van der Waals surface area contributed by atoms with Crippen LogP contribution in [0.5, 0.6) is 11.5 Å². The van der Waals surface area contributed by atoms with Gasteiger partial charge in [0.1, 0.15) is 17.5 Å². The van der Waals surface area contributed by atoms with E-state index in [1.165, 1.54) is 11.3 Å².